The first-order chi connectivity index (χ1) is 9.74. The minimum Gasteiger partial charge on any atom is -0.453 e. The van der Waals surface area contributed by atoms with Gasteiger partial charge in [-0.25, -0.2) is 4.79 Å². The van der Waals surface area contributed by atoms with E-state index in [4.69, 9.17) is 4.74 Å². The van der Waals surface area contributed by atoms with Crippen LogP contribution < -0.4 is 5.32 Å². The Hall–Kier alpha value is -0.770. The smallest absolute Gasteiger partial charge is 0.409 e. The number of rotatable bonds is 5. The lowest BCUT2D eigenvalue weighted by Crippen LogP contribution is -2.52. The molecule has 0 aromatic heterocycles. The van der Waals surface area contributed by atoms with Gasteiger partial charge in [0.05, 0.1) is 7.11 Å². The van der Waals surface area contributed by atoms with Gasteiger partial charge in [0.1, 0.15) is 0 Å². The number of nitrogens with zero attached hydrogens (tertiary/aromatic N) is 1. The number of amides is 1. The Bertz CT molecular complexity index is 339. The third-order valence-electron chi connectivity index (χ3n) is 5.25. The standard InChI is InChI=1S/C16H28N2O2/c1-20-16(19)18-10-14(7-12-5-6-12)8-15(11-18)17-9-13-3-2-4-13/h12-15,17H,2-11H2,1H3. The van der Waals surface area contributed by atoms with Crippen molar-refractivity contribution in [1.82, 2.24) is 10.2 Å². The van der Waals surface area contributed by atoms with Gasteiger partial charge in [0.2, 0.25) is 0 Å². The Balaban J connectivity index is 1.51. The summed E-state index contributed by atoms with van der Waals surface area (Å²) in [5, 5.41) is 3.71. The van der Waals surface area contributed by atoms with Gasteiger partial charge in [0.25, 0.3) is 0 Å². The third kappa shape index (κ3) is 3.66. The second-order valence-electron chi connectivity index (χ2n) is 7.06. The fourth-order valence-corrected chi connectivity index (χ4v) is 3.66. The maximum atomic E-state index is 11.8. The van der Waals surface area contributed by atoms with E-state index in [0.717, 1.165) is 31.5 Å². The predicted octanol–water partition coefficient (Wildman–Crippen LogP) is 2.63. The number of methoxy groups -OCH3 is 1. The number of ether oxygens (including phenoxy) is 1. The lowest BCUT2D eigenvalue weighted by molar-refractivity contribution is 0.0862. The van der Waals surface area contributed by atoms with E-state index in [9.17, 15) is 4.79 Å². The van der Waals surface area contributed by atoms with Crippen molar-refractivity contribution in [2.45, 2.75) is 51.0 Å². The molecule has 3 rings (SSSR count). The molecular formula is C16H28N2O2. The molecule has 4 nitrogen and oxygen atoms in total. The van der Waals surface area contributed by atoms with Crippen molar-refractivity contribution >= 4 is 6.09 Å². The van der Waals surface area contributed by atoms with Crippen LogP contribution in [0.15, 0.2) is 0 Å². The zero-order valence-corrected chi connectivity index (χ0v) is 12.6. The molecule has 4 heteroatoms. The van der Waals surface area contributed by atoms with Crippen molar-refractivity contribution in [2.24, 2.45) is 17.8 Å². The number of likely N-dealkylation sites (tertiary alicyclic amines) is 1. The summed E-state index contributed by atoms with van der Waals surface area (Å²) in [5.74, 6) is 2.48. The van der Waals surface area contributed by atoms with Crippen molar-refractivity contribution in [1.29, 1.82) is 0 Å². The quantitative estimate of drug-likeness (QED) is 0.841. The minimum absolute atomic E-state index is 0.152. The van der Waals surface area contributed by atoms with Crippen LogP contribution in [0.2, 0.25) is 0 Å². The van der Waals surface area contributed by atoms with Crippen LogP contribution in [-0.2, 0) is 4.74 Å². The highest BCUT2D eigenvalue weighted by Gasteiger charge is 2.34. The fourth-order valence-electron chi connectivity index (χ4n) is 3.66. The summed E-state index contributed by atoms with van der Waals surface area (Å²) < 4.78 is 4.92. The maximum absolute atomic E-state index is 11.8. The average Bonchev–Trinajstić information content (AvgIpc) is 3.19. The number of piperidine rings is 1. The lowest BCUT2D eigenvalue weighted by atomic mass is 9.84. The van der Waals surface area contributed by atoms with Crippen LogP contribution in [0.3, 0.4) is 0 Å². The second kappa shape index (κ2) is 6.33. The molecule has 2 unspecified atom stereocenters. The highest BCUT2D eigenvalue weighted by molar-refractivity contribution is 5.67. The van der Waals surface area contributed by atoms with Gasteiger partial charge in [0, 0.05) is 19.1 Å². The number of carbonyl (C=O) groups excluding carboxylic acids is 1. The highest BCUT2D eigenvalue weighted by Crippen LogP contribution is 2.38. The molecule has 0 aromatic rings. The molecule has 1 saturated heterocycles. The van der Waals surface area contributed by atoms with Crippen molar-refractivity contribution < 1.29 is 9.53 Å². The van der Waals surface area contributed by atoms with E-state index in [-0.39, 0.29) is 6.09 Å². The van der Waals surface area contributed by atoms with Gasteiger partial charge in [-0.05, 0) is 50.0 Å². The zero-order chi connectivity index (χ0) is 13.9. The fraction of sp³-hybridized carbons (Fsp3) is 0.938. The Morgan fingerprint density at radius 2 is 1.95 bits per heavy atom. The van der Waals surface area contributed by atoms with Gasteiger partial charge in [0.15, 0.2) is 0 Å². The van der Waals surface area contributed by atoms with Gasteiger partial charge < -0.3 is 15.0 Å². The van der Waals surface area contributed by atoms with E-state index in [2.05, 4.69) is 5.32 Å². The monoisotopic (exact) mass is 280 g/mol. The Morgan fingerprint density at radius 1 is 1.15 bits per heavy atom. The molecule has 2 aliphatic carbocycles. The molecule has 20 heavy (non-hydrogen) atoms. The molecule has 2 atom stereocenters. The minimum atomic E-state index is -0.152. The van der Waals surface area contributed by atoms with E-state index < -0.39 is 0 Å². The van der Waals surface area contributed by atoms with E-state index >= 15 is 0 Å². The zero-order valence-electron chi connectivity index (χ0n) is 12.6. The molecule has 114 valence electrons. The summed E-state index contributed by atoms with van der Waals surface area (Å²) >= 11 is 0. The van der Waals surface area contributed by atoms with Crippen molar-refractivity contribution in [3.8, 4) is 0 Å². The normalized spacial score (nSPS) is 30.9. The summed E-state index contributed by atoms with van der Waals surface area (Å²) in [6.07, 6.45) is 9.34. The number of hydrogen-bond donors (Lipinski definition) is 1. The average molecular weight is 280 g/mol. The second-order valence-corrected chi connectivity index (χ2v) is 7.06. The molecule has 0 bridgehead atoms. The summed E-state index contributed by atoms with van der Waals surface area (Å²) in [6.45, 7) is 2.85. The first kappa shape index (κ1) is 14.2. The van der Waals surface area contributed by atoms with Gasteiger partial charge in [-0.15, -0.1) is 0 Å². The summed E-state index contributed by atoms with van der Waals surface area (Å²) in [4.78, 5) is 13.8. The first-order valence-corrected chi connectivity index (χ1v) is 8.31. The topological polar surface area (TPSA) is 41.6 Å². The third-order valence-corrected chi connectivity index (χ3v) is 5.25. The molecule has 1 amide bonds. The SMILES string of the molecule is COC(=O)N1CC(CC2CC2)CC(NCC2CCC2)C1. The number of carbonyl (C=O) groups is 1. The van der Waals surface area contributed by atoms with Crippen LogP contribution in [0, 0.1) is 17.8 Å². The maximum Gasteiger partial charge on any atom is 0.409 e. The van der Waals surface area contributed by atoms with Crippen LogP contribution in [0.1, 0.15) is 44.9 Å². The molecule has 2 saturated carbocycles. The molecule has 3 aliphatic rings. The van der Waals surface area contributed by atoms with Crippen molar-refractivity contribution in [3.63, 3.8) is 0 Å². The summed E-state index contributed by atoms with van der Waals surface area (Å²) in [6, 6.07) is 0.465. The first-order valence-electron chi connectivity index (χ1n) is 8.31. The van der Waals surface area contributed by atoms with Gasteiger partial charge in [-0.1, -0.05) is 19.3 Å². The van der Waals surface area contributed by atoms with Gasteiger partial charge in [-0.2, -0.15) is 0 Å². The van der Waals surface area contributed by atoms with Crippen LogP contribution in [0.5, 0.6) is 0 Å². The van der Waals surface area contributed by atoms with Gasteiger partial charge >= 0.3 is 6.09 Å². The molecular weight excluding hydrogens is 252 g/mol. The predicted molar refractivity (Wildman–Crippen MR) is 78.6 cm³/mol. The van der Waals surface area contributed by atoms with Crippen molar-refractivity contribution in [3.05, 3.63) is 0 Å². The largest absolute Gasteiger partial charge is 0.453 e. The molecule has 1 aliphatic heterocycles. The van der Waals surface area contributed by atoms with Crippen LogP contribution >= 0.6 is 0 Å². The number of hydrogen-bond acceptors (Lipinski definition) is 3. The van der Waals surface area contributed by atoms with E-state index in [1.54, 1.807) is 0 Å². The number of nitrogens with one attached hydrogen (secondary N) is 1. The molecule has 0 spiro atoms. The van der Waals surface area contributed by atoms with Crippen molar-refractivity contribution in [2.75, 3.05) is 26.7 Å². The van der Waals surface area contributed by atoms with Crippen LogP contribution in [0.4, 0.5) is 4.79 Å². The van der Waals surface area contributed by atoms with Crippen LogP contribution in [-0.4, -0.2) is 43.8 Å². The highest BCUT2D eigenvalue weighted by atomic mass is 16.5. The van der Waals surface area contributed by atoms with Gasteiger partial charge in [-0.3, -0.25) is 0 Å². The molecule has 0 radical (unpaired) electrons. The molecule has 0 aromatic carbocycles. The van der Waals surface area contributed by atoms with E-state index in [0.29, 0.717) is 12.0 Å². The summed E-state index contributed by atoms with van der Waals surface area (Å²) in [7, 11) is 1.49. The Labute approximate surface area is 122 Å². The van der Waals surface area contributed by atoms with E-state index in [1.807, 2.05) is 4.90 Å². The Kier molecular flexibility index (Phi) is 4.49. The summed E-state index contributed by atoms with van der Waals surface area (Å²) in [5.41, 5.74) is 0. The molecule has 1 heterocycles. The van der Waals surface area contributed by atoms with Crippen LogP contribution in [0.25, 0.3) is 0 Å². The van der Waals surface area contributed by atoms with E-state index in [1.165, 1.54) is 52.1 Å². The Morgan fingerprint density at radius 3 is 2.55 bits per heavy atom. The molecule has 1 N–H and O–H groups in total. The molecule has 3 fully saturated rings. The lowest BCUT2D eigenvalue weighted by Gasteiger charge is -2.38.